The van der Waals surface area contributed by atoms with Crippen molar-refractivity contribution in [2.45, 2.75) is 30.3 Å². The Morgan fingerprint density at radius 2 is 1.71 bits per heavy atom. The number of fused-ring (bicyclic) bond motifs is 1. The molecule has 1 unspecified atom stereocenters. The minimum atomic E-state index is -4.66. The molecule has 1 atom stereocenters. The number of hydrogen-bond acceptors (Lipinski definition) is 7. The molecule has 186 valence electrons. The van der Waals surface area contributed by atoms with Gasteiger partial charge in [0.2, 0.25) is 0 Å². The third-order valence-corrected chi connectivity index (χ3v) is 5.14. The highest BCUT2D eigenvalue weighted by atomic mass is 32.2. The Bertz CT molecular complexity index is 1130. The van der Waals surface area contributed by atoms with Crippen molar-refractivity contribution >= 4 is 21.8 Å². The van der Waals surface area contributed by atoms with Crippen LogP contribution in [0.1, 0.15) is 5.69 Å². The van der Waals surface area contributed by atoms with Gasteiger partial charge in [0.1, 0.15) is 0 Å². The molecule has 16 heteroatoms. The van der Waals surface area contributed by atoms with Gasteiger partial charge < -0.3 is 23.9 Å². The van der Waals surface area contributed by atoms with Crippen LogP contribution in [0, 0.1) is 0 Å². The zero-order valence-electron chi connectivity index (χ0n) is 16.9. The third-order valence-electron chi connectivity index (χ3n) is 3.98. The molecule has 0 saturated carbocycles. The first-order valence-electron chi connectivity index (χ1n) is 9.00. The molecule has 0 aliphatic rings. The van der Waals surface area contributed by atoms with Crippen LogP contribution in [0.25, 0.3) is 11.0 Å². The zero-order chi connectivity index (χ0) is 25.0. The molecule has 3 aromatic rings. The number of imidazole rings is 1. The van der Waals surface area contributed by atoms with Crippen molar-refractivity contribution in [1.29, 1.82) is 0 Å². The van der Waals surface area contributed by atoms with Gasteiger partial charge in [0.05, 0.1) is 40.4 Å². The molecule has 0 amide bonds. The summed E-state index contributed by atoms with van der Waals surface area (Å²) in [4.78, 5) is 10.4. The lowest BCUT2D eigenvalue weighted by atomic mass is 10.3. The molecule has 2 aromatic heterocycles. The number of nitrogens with zero attached hydrogens (tertiary/aromatic N) is 2. The number of methoxy groups -OCH3 is 1. The Morgan fingerprint density at radius 1 is 1.06 bits per heavy atom. The number of benzene rings is 1. The van der Waals surface area contributed by atoms with Crippen LogP contribution in [-0.2, 0) is 16.6 Å². The minimum Gasteiger partial charge on any atom is -0.493 e. The van der Waals surface area contributed by atoms with Crippen LogP contribution in [0.2, 0.25) is 0 Å². The fraction of sp³-hybridized carbons (Fsp3) is 0.333. The number of H-pyrrole nitrogens is 1. The predicted molar refractivity (Wildman–Crippen MR) is 102 cm³/mol. The molecular weight excluding hydrogens is 503 g/mol. The number of rotatable bonds is 10. The number of halogens is 7. The van der Waals surface area contributed by atoms with Crippen LogP contribution >= 0.6 is 0 Å². The molecule has 0 radical (unpaired) electrons. The van der Waals surface area contributed by atoms with Gasteiger partial charge in [-0.15, -0.1) is 0 Å². The smallest absolute Gasteiger partial charge is 0.422 e. The van der Waals surface area contributed by atoms with E-state index in [0.29, 0.717) is 0 Å². The summed E-state index contributed by atoms with van der Waals surface area (Å²) in [5, 5.41) is -0.251. The van der Waals surface area contributed by atoms with Gasteiger partial charge in [-0.3, -0.25) is 9.19 Å². The lowest BCUT2D eigenvalue weighted by Crippen LogP contribution is -2.20. The van der Waals surface area contributed by atoms with E-state index in [2.05, 4.69) is 24.4 Å². The molecule has 0 aliphatic heterocycles. The maximum Gasteiger partial charge on any atom is 0.422 e. The number of hydrogen-bond donors (Lipinski definition) is 1. The van der Waals surface area contributed by atoms with Crippen molar-refractivity contribution in [2.24, 2.45) is 0 Å². The second-order valence-corrected chi connectivity index (χ2v) is 7.66. The molecular formula is C18H14F7N3O5S. The van der Waals surface area contributed by atoms with Crippen LogP contribution < -0.4 is 18.9 Å². The topological polar surface area (TPSA) is 95.6 Å². The van der Waals surface area contributed by atoms with Gasteiger partial charge in [0.15, 0.2) is 34.8 Å². The summed E-state index contributed by atoms with van der Waals surface area (Å²) >= 11 is 0. The van der Waals surface area contributed by atoms with E-state index in [1.807, 2.05) is 0 Å². The number of pyridine rings is 1. The molecule has 3 rings (SSSR count). The Kier molecular flexibility index (Phi) is 7.68. The van der Waals surface area contributed by atoms with Crippen LogP contribution in [0.5, 0.6) is 23.0 Å². The lowest BCUT2D eigenvalue weighted by Gasteiger charge is -2.15. The summed E-state index contributed by atoms with van der Waals surface area (Å²) < 4.78 is 119. The van der Waals surface area contributed by atoms with Crippen LogP contribution in [0.3, 0.4) is 0 Å². The van der Waals surface area contributed by atoms with Crippen LogP contribution in [0.4, 0.5) is 30.7 Å². The molecule has 2 heterocycles. The average Bonchev–Trinajstić information content (AvgIpc) is 3.14. The molecule has 0 saturated heterocycles. The third kappa shape index (κ3) is 6.39. The van der Waals surface area contributed by atoms with Gasteiger partial charge in [-0.1, -0.05) is 0 Å². The van der Waals surface area contributed by atoms with E-state index in [9.17, 15) is 34.9 Å². The Balaban J connectivity index is 1.92. The standard InChI is InChI=1S/C18H14F7N3O5S/c1-30-11-2-3-26-10(14(11)31-7-18(23,24)25)6-34(29)17-27-8-4-12(32-15(19)20)13(33-16(21)22)5-9(8)28-17/h2-5,15-16H,6-7H2,1H3,(H,27,28). The van der Waals surface area contributed by atoms with Crippen molar-refractivity contribution in [3.05, 3.63) is 30.1 Å². The maximum absolute atomic E-state index is 12.8. The number of ether oxygens (including phenoxy) is 4. The first-order valence-corrected chi connectivity index (χ1v) is 10.3. The summed E-state index contributed by atoms with van der Waals surface area (Å²) in [7, 11) is -0.883. The predicted octanol–water partition coefficient (Wildman–Crippen LogP) is 4.42. The fourth-order valence-corrected chi connectivity index (χ4v) is 3.73. The highest BCUT2D eigenvalue weighted by molar-refractivity contribution is 7.84. The van der Waals surface area contributed by atoms with Crippen molar-refractivity contribution in [2.75, 3.05) is 13.7 Å². The Labute approximate surface area is 188 Å². The maximum atomic E-state index is 12.8. The van der Waals surface area contributed by atoms with E-state index in [4.69, 9.17) is 9.47 Å². The first-order chi connectivity index (χ1) is 16.0. The number of aromatic amines is 1. The summed E-state index contributed by atoms with van der Waals surface area (Å²) in [5.74, 6) is -2.40. The van der Waals surface area contributed by atoms with E-state index in [1.54, 1.807) is 0 Å². The normalized spacial score (nSPS) is 12.9. The zero-order valence-corrected chi connectivity index (χ0v) is 17.7. The lowest BCUT2D eigenvalue weighted by molar-refractivity contribution is -0.153. The molecule has 0 bridgehead atoms. The second kappa shape index (κ2) is 10.3. The van der Waals surface area contributed by atoms with E-state index in [-0.39, 0.29) is 33.4 Å². The van der Waals surface area contributed by atoms with Gasteiger partial charge in [-0.05, 0) is 0 Å². The number of aromatic nitrogens is 3. The van der Waals surface area contributed by atoms with Crippen molar-refractivity contribution < 1.29 is 53.9 Å². The largest absolute Gasteiger partial charge is 0.493 e. The first kappa shape index (κ1) is 25.3. The molecule has 8 nitrogen and oxygen atoms in total. The molecule has 0 fully saturated rings. The van der Waals surface area contributed by atoms with Gasteiger partial charge in [0, 0.05) is 24.4 Å². The van der Waals surface area contributed by atoms with E-state index >= 15 is 0 Å². The van der Waals surface area contributed by atoms with Crippen molar-refractivity contribution in [1.82, 2.24) is 15.0 Å². The van der Waals surface area contributed by atoms with Crippen molar-refractivity contribution in [3.63, 3.8) is 0 Å². The molecule has 0 spiro atoms. The molecule has 34 heavy (non-hydrogen) atoms. The van der Waals surface area contributed by atoms with Crippen molar-refractivity contribution in [3.8, 4) is 23.0 Å². The molecule has 1 aromatic carbocycles. The minimum absolute atomic E-state index is 0.00670. The van der Waals surface area contributed by atoms with Gasteiger partial charge in [0.25, 0.3) is 0 Å². The van der Waals surface area contributed by atoms with E-state index < -0.39 is 54.1 Å². The van der Waals surface area contributed by atoms with Gasteiger partial charge in [-0.2, -0.15) is 30.7 Å². The van der Waals surface area contributed by atoms with Crippen LogP contribution in [0.15, 0.2) is 29.6 Å². The van der Waals surface area contributed by atoms with E-state index in [1.165, 1.54) is 19.4 Å². The second-order valence-electron chi connectivity index (χ2n) is 6.30. The van der Waals surface area contributed by atoms with Gasteiger partial charge in [-0.25, -0.2) is 4.98 Å². The summed E-state index contributed by atoms with van der Waals surface area (Å²) in [6, 6.07) is 3.01. The average molecular weight is 517 g/mol. The Morgan fingerprint density at radius 3 is 2.29 bits per heavy atom. The highest BCUT2D eigenvalue weighted by Gasteiger charge is 2.30. The summed E-state index contributed by atoms with van der Waals surface area (Å²) in [6.07, 6.45) is -3.46. The monoisotopic (exact) mass is 517 g/mol. The number of nitrogens with one attached hydrogen (secondary N) is 1. The van der Waals surface area contributed by atoms with Crippen LogP contribution in [-0.4, -0.2) is 52.3 Å². The number of alkyl halides is 7. The Hall–Kier alpha value is -3.30. The highest BCUT2D eigenvalue weighted by Crippen LogP contribution is 2.35. The SMILES string of the molecule is COc1ccnc(CS(=O)c2nc3cc(OC(F)F)c(OC(F)F)cc3[nH]2)c1OCC(F)(F)F. The molecule has 1 N–H and O–H groups in total. The molecule has 0 aliphatic carbocycles. The summed E-state index contributed by atoms with van der Waals surface area (Å²) in [6.45, 7) is -8.35. The summed E-state index contributed by atoms with van der Waals surface area (Å²) in [5.41, 5.74) is -0.230. The van der Waals surface area contributed by atoms with Gasteiger partial charge >= 0.3 is 19.4 Å². The fourth-order valence-electron chi connectivity index (χ4n) is 2.71. The quantitative estimate of drug-likeness (QED) is 0.398. The van der Waals surface area contributed by atoms with E-state index in [0.717, 1.165) is 12.1 Å².